The van der Waals surface area contributed by atoms with Gasteiger partial charge in [0.25, 0.3) is 0 Å². The second kappa shape index (κ2) is 6.15. The summed E-state index contributed by atoms with van der Waals surface area (Å²) in [7, 11) is 0. The van der Waals surface area contributed by atoms with Gasteiger partial charge in [0.15, 0.2) is 0 Å². The highest BCUT2D eigenvalue weighted by atomic mass is 32.1. The Balaban J connectivity index is 1.55. The molecule has 0 amide bonds. The maximum Gasteiger partial charge on any atom is 0.205 e. The molecule has 1 saturated carbocycles. The van der Waals surface area contributed by atoms with Crippen LogP contribution in [0.5, 0.6) is 0 Å². The summed E-state index contributed by atoms with van der Waals surface area (Å²) in [6.07, 6.45) is 4.87. The number of anilines is 1. The molecule has 0 aromatic carbocycles. The van der Waals surface area contributed by atoms with E-state index in [0.29, 0.717) is 5.92 Å². The fourth-order valence-corrected chi connectivity index (χ4v) is 3.36. The van der Waals surface area contributed by atoms with Crippen molar-refractivity contribution in [3.63, 3.8) is 0 Å². The van der Waals surface area contributed by atoms with Crippen LogP contribution in [0, 0.1) is 0 Å². The minimum Gasteiger partial charge on any atom is -0.346 e. The topological polar surface area (TPSA) is 58.3 Å². The zero-order valence-corrected chi connectivity index (χ0v) is 12.2. The molecule has 1 aliphatic carbocycles. The molecule has 2 N–H and O–H groups in total. The zero-order valence-electron chi connectivity index (χ0n) is 11.4. The molecule has 1 aromatic heterocycles. The van der Waals surface area contributed by atoms with Crippen LogP contribution >= 0.6 is 11.5 Å². The van der Waals surface area contributed by atoms with Crippen LogP contribution in [0.15, 0.2) is 0 Å². The number of rotatable bonds is 5. The van der Waals surface area contributed by atoms with Gasteiger partial charge in [-0.2, -0.15) is 4.37 Å². The van der Waals surface area contributed by atoms with Crippen molar-refractivity contribution < 1.29 is 0 Å². The van der Waals surface area contributed by atoms with Crippen molar-refractivity contribution >= 4 is 16.7 Å². The van der Waals surface area contributed by atoms with Gasteiger partial charge in [-0.3, -0.25) is 0 Å². The average molecular weight is 281 g/mol. The summed E-state index contributed by atoms with van der Waals surface area (Å²) in [4.78, 5) is 9.65. The Hall–Kier alpha value is -0.720. The second-order valence-electron chi connectivity index (χ2n) is 5.53. The Bertz CT molecular complexity index is 403. The summed E-state index contributed by atoms with van der Waals surface area (Å²) in [5.74, 6) is 1.75. The van der Waals surface area contributed by atoms with Crippen LogP contribution in [0.4, 0.5) is 5.13 Å². The lowest BCUT2D eigenvalue weighted by Crippen LogP contribution is -2.32. The lowest BCUT2D eigenvalue weighted by atomic mass is 10.3. The highest BCUT2D eigenvalue weighted by Crippen LogP contribution is 2.39. The van der Waals surface area contributed by atoms with E-state index in [1.807, 2.05) is 0 Å². The predicted molar refractivity (Wildman–Crippen MR) is 78.8 cm³/mol. The SMILES string of the molecule is NCCCN1CCCN(c2nc(C3CC3)ns2)CC1. The van der Waals surface area contributed by atoms with E-state index in [1.54, 1.807) is 11.5 Å². The summed E-state index contributed by atoms with van der Waals surface area (Å²) < 4.78 is 4.51. The van der Waals surface area contributed by atoms with Gasteiger partial charge < -0.3 is 15.5 Å². The van der Waals surface area contributed by atoms with Crippen LogP contribution < -0.4 is 10.6 Å². The Morgan fingerprint density at radius 2 is 2.11 bits per heavy atom. The summed E-state index contributed by atoms with van der Waals surface area (Å²) in [5, 5.41) is 1.13. The first-order valence-electron chi connectivity index (χ1n) is 7.38. The molecule has 0 unspecified atom stereocenters. The number of nitrogens with zero attached hydrogens (tertiary/aromatic N) is 4. The third-order valence-corrected chi connectivity index (χ3v) is 4.70. The van der Waals surface area contributed by atoms with E-state index in [-0.39, 0.29) is 0 Å². The number of hydrogen-bond acceptors (Lipinski definition) is 6. The van der Waals surface area contributed by atoms with Crippen molar-refractivity contribution in [1.82, 2.24) is 14.3 Å². The van der Waals surface area contributed by atoms with Gasteiger partial charge in [-0.05, 0) is 45.3 Å². The lowest BCUT2D eigenvalue weighted by Gasteiger charge is -2.20. The van der Waals surface area contributed by atoms with Crippen LogP contribution in [0.2, 0.25) is 0 Å². The van der Waals surface area contributed by atoms with Gasteiger partial charge in [0.1, 0.15) is 5.82 Å². The highest BCUT2D eigenvalue weighted by Gasteiger charge is 2.28. The van der Waals surface area contributed by atoms with Gasteiger partial charge in [-0.1, -0.05) is 0 Å². The first kappa shape index (κ1) is 13.3. The van der Waals surface area contributed by atoms with E-state index < -0.39 is 0 Å². The van der Waals surface area contributed by atoms with E-state index in [1.165, 1.54) is 25.8 Å². The molecule has 1 aliphatic heterocycles. The largest absolute Gasteiger partial charge is 0.346 e. The number of hydrogen-bond donors (Lipinski definition) is 1. The van der Waals surface area contributed by atoms with Crippen LogP contribution in [-0.4, -0.2) is 53.5 Å². The molecule has 0 atom stereocenters. The first-order valence-corrected chi connectivity index (χ1v) is 8.15. The van der Waals surface area contributed by atoms with E-state index >= 15 is 0 Å². The van der Waals surface area contributed by atoms with Crippen LogP contribution in [0.25, 0.3) is 0 Å². The first-order chi connectivity index (χ1) is 9.36. The molecular weight excluding hydrogens is 258 g/mol. The molecule has 0 spiro atoms. The second-order valence-corrected chi connectivity index (χ2v) is 6.26. The molecule has 2 heterocycles. The average Bonchev–Trinajstić information content (AvgIpc) is 3.21. The monoisotopic (exact) mass is 281 g/mol. The van der Waals surface area contributed by atoms with E-state index in [0.717, 1.165) is 50.1 Å². The quantitative estimate of drug-likeness (QED) is 0.881. The van der Waals surface area contributed by atoms with Crippen molar-refractivity contribution in [2.75, 3.05) is 44.2 Å². The van der Waals surface area contributed by atoms with Crippen molar-refractivity contribution in [3.8, 4) is 0 Å². The Morgan fingerprint density at radius 1 is 1.21 bits per heavy atom. The molecule has 0 radical (unpaired) electrons. The molecular formula is C13H23N5S. The summed E-state index contributed by atoms with van der Waals surface area (Å²) >= 11 is 1.58. The molecule has 3 rings (SSSR count). The number of aromatic nitrogens is 2. The summed E-state index contributed by atoms with van der Waals surface area (Å²) in [6.45, 7) is 6.42. The Morgan fingerprint density at radius 3 is 2.89 bits per heavy atom. The molecule has 2 aliphatic rings. The maximum absolute atomic E-state index is 5.59. The molecule has 0 bridgehead atoms. The van der Waals surface area contributed by atoms with E-state index in [4.69, 9.17) is 10.7 Å². The summed E-state index contributed by atoms with van der Waals surface area (Å²) in [5.41, 5.74) is 5.59. The van der Waals surface area contributed by atoms with Gasteiger partial charge >= 0.3 is 0 Å². The van der Waals surface area contributed by atoms with Crippen molar-refractivity contribution in [3.05, 3.63) is 5.82 Å². The maximum atomic E-state index is 5.59. The minimum absolute atomic E-state index is 0.665. The standard InChI is InChI=1S/C13H23N5S/c14-5-1-6-17-7-2-8-18(10-9-17)13-15-12(16-19-13)11-3-4-11/h11H,1-10,14H2. The fraction of sp³-hybridized carbons (Fsp3) is 0.846. The molecule has 1 saturated heterocycles. The van der Waals surface area contributed by atoms with E-state index in [9.17, 15) is 0 Å². The highest BCUT2D eigenvalue weighted by molar-refractivity contribution is 7.09. The molecule has 5 nitrogen and oxygen atoms in total. The molecule has 106 valence electrons. The van der Waals surface area contributed by atoms with Gasteiger partial charge in [-0.25, -0.2) is 4.98 Å². The van der Waals surface area contributed by atoms with Crippen molar-refractivity contribution in [1.29, 1.82) is 0 Å². The van der Waals surface area contributed by atoms with Crippen LogP contribution in [-0.2, 0) is 0 Å². The molecule has 1 aromatic rings. The molecule has 19 heavy (non-hydrogen) atoms. The van der Waals surface area contributed by atoms with E-state index in [2.05, 4.69) is 14.2 Å². The van der Waals surface area contributed by atoms with Gasteiger partial charge in [0.05, 0.1) is 0 Å². The third-order valence-electron chi connectivity index (χ3n) is 3.91. The lowest BCUT2D eigenvalue weighted by molar-refractivity contribution is 0.291. The Kier molecular flexibility index (Phi) is 4.30. The van der Waals surface area contributed by atoms with Gasteiger partial charge in [0, 0.05) is 37.1 Å². The van der Waals surface area contributed by atoms with Crippen LogP contribution in [0.3, 0.4) is 0 Å². The third kappa shape index (κ3) is 3.43. The van der Waals surface area contributed by atoms with Crippen molar-refractivity contribution in [2.45, 2.75) is 31.6 Å². The predicted octanol–water partition coefficient (Wildman–Crippen LogP) is 1.28. The number of nitrogens with two attached hydrogens (primary N) is 1. The van der Waals surface area contributed by atoms with Gasteiger partial charge in [0.2, 0.25) is 5.13 Å². The fourth-order valence-electron chi connectivity index (χ4n) is 2.56. The normalized spacial score (nSPS) is 21.6. The molecule has 6 heteroatoms. The van der Waals surface area contributed by atoms with Crippen LogP contribution in [0.1, 0.15) is 37.4 Å². The van der Waals surface area contributed by atoms with Gasteiger partial charge in [-0.15, -0.1) is 0 Å². The minimum atomic E-state index is 0.665. The zero-order chi connectivity index (χ0) is 13.1. The molecule has 2 fully saturated rings. The summed E-state index contributed by atoms with van der Waals surface area (Å²) in [6, 6.07) is 0. The smallest absolute Gasteiger partial charge is 0.205 e. The Labute approximate surface area is 119 Å². The van der Waals surface area contributed by atoms with Crippen molar-refractivity contribution in [2.24, 2.45) is 5.73 Å².